The molecule has 0 saturated heterocycles. The molecule has 2 rings (SSSR count). The van der Waals surface area contributed by atoms with Crippen molar-refractivity contribution in [3.8, 4) is 0 Å². The molecule has 1 aliphatic carbocycles. The van der Waals surface area contributed by atoms with Crippen molar-refractivity contribution in [2.24, 2.45) is 5.92 Å². The van der Waals surface area contributed by atoms with Gasteiger partial charge in [0.25, 0.3) is 0 Å². The van der Waals surface area contributed by atoms with Crippen LogP contribution in [0.1, 0.15) is 25.8 Å². The molecular formula is C16H23NO2. The summed E-state index contributed by atoms with van der Waals surface area (Å²) in [5.74, 6) is 0.289. The third kappa shape index (κ3) is 2.81. The zero-order valence-corrected chi connectivity index (χ0v) is 12.2. The number of nitrogens with zero attached hydrogens (tertiary/aromatic N) is 1. The average Bonchev–Trinajstić information content (AvgIpc) is 3.04. The molecule has 2 atom stereocenters. The van der Waals surface area contributed by atoms with Crippen molar-refractivity contribution in [3.63, 3.8) is 0 Å². The molecule has 3 heteroatoms. The lowest BCUT2D eigenvalue weighted by Gasteiger charge is -2.20. The Kier molecular flexibility index (Phi) is 3.95. The Hall–Kier alpha value is -1.35. The highest BCUT2D eigenvalue weighted by Gasteiger charge is 2.62. The second kappa shape index (κ2) is 5.33. The predicted molar refractivity (Wildman–Crippen MR) is 76.0 cm³/mol. The smallest absolute Gasteiger partial charge is 0.317 e. The van der Waals surface area contributed by atoms with E-state index in [4.69, 9.17) is 4.74 Å². The van der Waals surface area contributed by atoms with Crippen LogP contribution in [0, 0.1) is 5.92 Å². The Morgan fingerprint density at radius 2 is 2.00 bits per heavy atom. The maximum Gasteiger partial charge on any atom is 0.317 e. The number of hydrogen-bond donors (Lipinski definition) is 0. The summed E-state index contributed by atoms with van der Waals surface area (Å²) in [6.45, 7) is 4.72. The fourth-order valence-electron chi connectivity index (χ4n) is 2.77. The summed E-state index contributed by atoms with van der Waals surface area (Å²) < 4.78 is 5.49. The SMILES string of the molecule is CC(C)OC(=O)[C@]1(c2ccccc2)C[C@@H]1CN(C)C. The molecule has 1 saturated carbocycles. The van der Waals surface area contributed by atoms with Gasteiger partial charge in [-0.1, -0.05) is 30.3 Å². The van der Waals surface area contributed by atoms with E-state index >= 15 is 0 Å². The Labute approximate surface area is 115 Å². The lowest BCUT2D eigenvalue weighted by Crippen LogP contribution is -2.30. The third-order valence-electron chi connectivity index (χ3n) is 3.69. The van der Waals surface area contributed by atoms with Gasteiger partial charge in [-0.05, 0) is 45.8 Å². The molecule has 0 unspecified atom stereocenters. The van der Waals surface area contributed by atoms with Crippen molar-refractivity contribution < 1.29 is 9.53 Å². The van der Waals surface area contributed by atoms with Gasteiger partial charge in [0.2, 0.25) is 0 Å². The molecule has 0 spiro atoms. The minimum atomic E-state index is -0.421. The first-order chi connectivity index (χ1) is 8.96. The Morgan fingerprint density at radius 1 is 1.37 bits per heavy atom. The summed E-state index contributed by atoms with van der Waals surface area (Å²) in [5, 5.41) is 0. The number of ether oxygens (including phenoxy) is 1. The molecule has 1 fully saturated rings. The molecule has 104 valence electrons. The first-order valence-corrected chi connectivity index (χ1v) is 6.88. The van der Waals surface area contributed by atoms with Gasteiger partial charge in [0.1, 0.15) is 0 Å². The standard InChI is InChI=1S/C16H23NO2/c1-12(2)19-15(18)16(10-14(16)11-17(3)4)13-8-6-5-7-9-13/h5-9,12,14H,10-11H2,1-4H3/t14-,16+/m1/s1. The summed E-state index contributed by atoms with van der Waals surface area (Å²) >= 11 is 0. The molecule has 0 N–H and O–H groups in total. The van der Waals surface area contributed by atoms with Crippen molar-refractivity contribution >= 4 is 5.97 Å². The van der Waals surface area contributed by atoms with Crippen LogP contribution < -0.4 is 0 Å². The van der Waals surface area contributed by atoms with E-state index < -0.39 is 5.41 Å². The van der Waals surface area contributed by atoms with Crippen molar-refractivity contribution in [2.75, 3.05) is 20.6 Å². The molecule has 0 amide bonds. The zero-order chi connectivity index (χ0) is 14.0. The molecule has 3 nitrogen and oxygen atoms in total. The Morgan fingerprint density at radius 3 is 2.53 bits per heavy atom. The highest BCUT2D eigenvalue weighted by atomic mass is 16.5. The summed E-state index contributed by atoms with van der Waals surface area (Å²) in [6.07, 6.45) is 0.828. The van der Waals surface area contributed by atoms with Crippen LogP contribution in [0.25, 0.3) is 0 Å². The monoisotopic (exact) mass is 261 g/mol. The molecule has 1 aliphatic rings. The van der Waals surface area contributed by atoms with Crippen molar-refractivity contribution in [3.05, 3.63) is 35.9 Å². The van der Waals surface area contributed by atoms with E-state index in [1.807, 2.05) is 58.3 Å². The van der Waals surface area contributed by atoms with E-state index in [-0.39, 0.29) is 12.1 Å². The number of carbonyl (C=O) groups excluding carboxylic acids is 1. The van der Waals surface area contributed by atoms with Crippen LogP contribution in [-0.2, 0) is 14.9 Å². The van der Waals surface area contributed by atoms with Gasteiger partial charge >= 0.3 is 5.97 Å². The molecular weight excluding hydrogens is 238 g/mol. The van der Waals surface area contributed by atoms with Crippen LogP contribution in [0.5, 0.6) is 0 Å². The summed E-state index contributed by atoms with van der Waals surface area (Å²) in [4.78, 5) is 14.6. The number of benzene rings is 1. The third-order valence-corrected chi connectivity index (χ3v) is 3.69. The van der Waals surface area contributed by atoms with E-state index in [9.17, 15) is 4.79 Å². The minimum absolute atomic E-state index is 0.0614. The van der Waals surface area contributed by atoms with E-state index in [1.54, 1.807) is 0 Å². The number of hydrogen-bond acceptors (Lipinski definition) is 3. The predicted octanol–water partition coefficient (Wildman–Crippen LogP) is 2.46. The molecule has 0 aliphatic heterocycles. The number of carbonyl (C=O) groups is 1. The molecule has 0 bridgehead atoms. The van der Waals surface area contributed by atoms with E-state index in [2.05, 4.69) is 4.90 Å². The fraction of sp³-hybridized carbons (Fsp3) is 0.562. The number of rotatable bonds is 5. The quantitative estimate of drug-likeness (QED) is 0.763. The molecule has 19 heavy (non-hydrogen) atoms. The largest absolute Gasteiger partial charge is 0.462 e. The minimum Gasteiger partial charge on any atom is -0.462 e. The summed E-state index contributed by atoms with van der Waals surface area (Å²) in [7, 11) is 4.09. The van der Waals surface area contributed by atoms with Crippen molar-refractivity contribution in [1.29, 1.82) is 0 Å². The average molecular weight is 261 g/mol. The van der Waals surface area contributed by atoms with Gasteiger partial charge in [0, 0.05) is 6.54 Å². The van der Waals surface area contributed by atoms with Crippen molar-refractivity contribution in [1.82, 2.24) is 4.90 Å². The van der Waals surface area contributed by atoms with Crippen LogP contribution in [0.3, 0.4) is 0 Å². The molecule has 1 aromatic carbocycles. The molecule has 0 radical (unpaired) electrons. The van der Waals surface area contributed by atoms with Gasteiger partial charge in [0.05, 0.1) is 11.5 Å². The summed E-state index contributed by atoms with van der Waals surface area (Å²) in [5.41, 5.74) is 0.669. The zero-order valence-electron chi connectivity index (χ0n) is 12.2. The van der Waals surface area contributed by atoms with E-state index in [1.165, 1.54) is 0 Å². The van der Waals surface area contributed by atoms with Gasteiger partial charge in [-0.2, -0.15) is 0 Å². The van der Waals surface area contributed by atoms with Crippen LogP contribution >= 0.6 is 0 Å². The molecule has 1 aromatic rings. The molecule has 0 aromatic heterocycles. The first-order valence-electron chi connectivity index (χ1n) is 6.88. The normalized spacial score (nSPS) is 25.7. The first kappa shape index (κ1) is 14.1. The highest BCUT2D eigenvalue weighted by molar-refractivity contribution is 5.87. The second-order valence-corrected chi connectivity index (χ2v) is 5.95. The number of esters is 1. The van der Waals surface area contributed by atoms with Gasteiger partial charge in [-0.3, -0.25) is 4.79 Å². The lowest BCUT2D eigenvalue weighted by molar-refractivity contribution is -0.151. The van der Waals surface area contributed by atoms with E-state index in [0.717, 1.165) is 18.5 Å². The van der Waals surface area contributed by atoms with Crippen LogP contribution in [0.15, 0.2) is 30.3 Å². The lowest BCUT2D eigenvalue weighted by atomic mass is 9.93. The van der Waals surface area contributed by atoms with Crippen molar-refractivity contribution in [2.45, 2.75) is 31.8 Å². The summed E-state index contributed by atoms with van der Waals surface area (Å²) in [6, 6.07) is 10.0. The maximum absolute atomic E-state index is 12.5. The van der Waals surface area contributed by atoms with Crippen LogP contribution in [0.4, 0.5) is 0 Å². The maximum atomic E-state index is 12.5. The van der Waals surface area contributed by atoms with Gasteiger partial charge < -0.3 is 9.64 Å². The van der Waals surface area contributed by atoms with Gasteiger partial charge in [-0.25, -0.2) is 0 Å². The highest BCUT2D eigenvalue weighted by Crippen LogP contribution is 2.55. The van der Waals surface area contributed by atoms with Crippen LogP contribution in [-0.4, -0.2) is 37.6 Å². The second-order valence-electron chi connectivity index (χ2n) is 5.95. The van der Waals surface area contributed by atoms with Crippen LogP contribution in [0.2, 0.25) is 0 Å². The fourth-order valence-corrected chi connectivity index (χ4v) is 2.77. The van der Waals surface area contributed by atoms with E-state index in [0.29, 0.717) is 5.92 Å². The van der Waals surface area contributed by atoms with Gasteiger partial charge in [0.15, 0.2) is 0 Å². The molecule has 0 heterocycles. The topological polar surface area (TPSA) is 29.5 Å². The Balaban J connectivity index is 2.24. The van der Waals surface area contributed by atoms with Gasteiger partial charge in [-0.15, -0.1) is 0 Å². The Bertz CT molecular complexity index is 441.